The van der Waals surface area contributed by atoms with Crippen LogP contribution >= 0.6 is 23.2 Å². The van der Waals surface area contributed by atoms with Gasteiger partial charge in [0.25, 0.3) is 0 Å². The Morgan fingerprint density at radius 1 is 1.08 bits per heavy atom. The van der Waals surface area contributed by atoms with Crippen LogP contribution < -0.4 is 5.32 Å². The van der Waals surface area contributed by atoms with Gasteiger partial charge in [-0.2, -0.15) is 9.61 Å². The van der Waals surface area contributed by atoms with Crippen molar-refractivity contribution in [2.75, 3.05) is 11.9 Å². The quantitative estimate of drug-likeness (QED) is 0.564. The molecule has 3 heterocycles. The molecule has 0 radical (unpaired) electrons. The number of anilines is 1. The number of hydrogen-bond donors (Lipinski definition) is 1. The smallest absolute Gasteiger partial charge is 0.185 e. The Morgan fingerprint density at radius 2 is 1.88 bits per heavy atom. The summed E-state index contributed by atoms with van der Waals surface area (Å²) in [6.07, 6.45) is 3.84. The molecule has 1 N–H and O–H groups in total. The van der Waals surface area contributed by atoms with Gasteiger partial charge in [0.2, 0.25) is 0 Å². The van der Waals surface area contributed by atoms with Gasteiger partial charge in [0.05, 0.1) is 12.7 Å². The second kappa shape index (κ2) is 6.93. The third-order valence-electron chi connectivity index (χ3n) is 3.79. The molecule has 3 aromatic heterocycles. The Balaban J connectivity index is 1.58. The molecule has 0 atom stereocenters. The Bertz CT molecular complexity index is 1050. The highest BCUT2D eigenvalue weighted by molar-refractivity contribution is 6.35. The molecule has 4 rings (SSSR count). The van der Waals surface area contributed by atoms with Crippen molar-refractivity contribution >= 4 is 34.7 Å². The van der Waals surface area contributed by atoms with Crippen LogP contribution in [0.4, 0.5) is 5.82 Å². The van der Waals surface area contributed by atoms with Crippen molar-refractivity contribution in [1.29, 1.82) is 0 Å². The summed E-state index contributed by atoms with van der Waals surface area (Å²) in [6, 6.07) is 8.97. The van der Waals surface area contributed by atoms with Gasteiger partial charge in [0.15, 0.2) is 11.5 Å². The second-order valence-electron chi connectivity index (χ2n) is 5.88. The summed E-state index contributed by atoms with van der Waals surface area (Å²) in [5.41, 5.74) is 2.54. The number of aryl methyl sites for hydroxylation is 1. The zero-order chi connectivity index (χ0) is 18.1. The molecule has 0 saturated carbocycles. The fraction of sp³-hybridized carbons (Fsp3) is 0.176. The summed E-state index contributed by atoms with van der Waals surface area (Å²) in [5.74, 6) is 1.30. The maximum Gasteiger partial charge on any atom is 0.185 e. The van der Waals surface area contributed by atoms with Crippen LogP contribution in [0.15, 0.2) is 42.7 Å². The number of nitrogens with one attached hydrogen (secondary N) is 1. The molecule has 0 spiro atoms. The van der Waals surface area contributed by atoms with Crippen molar-refractivity contribution in [2.45, 2.75) is 13.5 Å². The lowest BCUT2D eigenvalue weighted by Gasteiger charge is -2.07. The Hall–Kier alpha value is -2.64. The van der Waals surface area contributed by atoms with Crippen LogP contribution in [0.5, 0.6) is 0 Å². The fourth-order valence-corrected chi connectivity index (χ4v) is 3.16. The Kier molecular flexibility index (Phi) is 4.48. The fourth-order valence-electron chi connectivity index (χ4n) is 2.63. The highest BCUT2D eigenvalue weighted by Crippen LogP contribution is 2.26. The topological polar surface area (TPSA) is 72.9 Å². The summed E-state index contributed by atoms with van der Waals surface area (Å²) in [7, 11) is 0. The van der Waals surface area contributed by atoms with E-state index in [9.17, 15) is 0 Å². The first-order valence-electron chi connectivity index (χ1n) is 8.00. The molecule has 0 fully saturated rings. The van der Waals surface area contributed by atoms with Crippen LogP contribution in [0.1, 0.15) is 5.56 Å². The third-order valence-corrected chi connectivity index (χ3v) is 4.23. The molecule has 0 aliphatic heterocycles. The normalized spacial score (nSPS) is 11.2. The predicted octanol–water partition coefficient (Wildman–Crippen LogP) is 3.72. The van der Waals surface area contributed by atoms with Crippen molar-refractivity contribution in [1.82, 2.24) is 29.6 Å². The monoisotopic (exact) mass is 387 g/mol. The van der Waals surface area contributed by atoms with E-state index in [2.05, 4.69) is 25.7 Å². The van der Waals surface area contributed by atoms with E-state index in [0.717, 1.165) is 23.5 Å². The van der Waals surface area contributed by atoms with E-state index in [1.54, 1.807) is 22.7 Å². The van der Waals surface area contributed by atoms with Crippen molar-refractivity contribution in [2.24, 2.45) is 0 Å². The molecular weight excluding hydrogens is 373 g/mol. The summed E-state index contributed by atoms with van der Waals surface area (Å²) < 4.78 is 3.56. The van der Waals surface area contributed by atoms with E-state index in [4.69, 9.17) is 23.2 Å². The minimum atomic E-state index is 0.535. The van der Waals surface area contributed by atoms with E-state index in [-0.39, 0.29) is 0 Å². The minimum absolute atomic E-state index is 0.535. The molecule has 0 unspecified atom stereocenters. The highest BCUT2D eigenvalue weighted by Gasteiger charge is 2.11. The van der Waals surface area contributed by atoms with Crippen LogP contribution in [0.2, 0.25) is 10.0 Å². The number of fused-ring (bicyclic) bond motifs is 1. The van der Waals surface area contributed by atoms with E-state index < -0.39 is 0 Å². The first-order valence-corrected chi connectivity index (χ1v) is 8.76. The van der Waals surface area contributed by atoms with Crippen molar-refractivity contribution in [3.05, 3.63) is 58.3 Å². The largest absolute Gasteiger partial charge is 0.367 e. The SMILES string of the molecule is Cc1cnn(CCNc2ccc3nnc(-c4cc(Cl)cc(Cl)c4)n3n2)c1. The minimum Gasteiger partial charge on any atom is -0.367 e. The average molecular weight is 388 g/mol. The molecule has 1 aromatic carbocycles. The van der Waals surface area contributed by atoms with Crippen LogP contribution in [0.25, 0.3) is 17.0 Å². The van der Waals surface area contributed by atoms with Crippen molar-refractivity contribution in [3.63, 3.8) is 0 Å². The molecule has 7 nitrogen and oxygen atoms in total. The lowest BCUT2D eigenvalue weighted by Crippen LogP contribution is -2.12. The summed E-state index contributed by atoms with van der Waals surface area (Å²) in [5, 5.41) is 21.6. The van der Waals surface area contributed by atoms with Crippen LogP contribution in [0.3, 0.4) is 0 Å². The van der Waals surface area contributed by atoms with E-state index in [0.29, 0.717) is 28.1 Å². The van der Waals surface area contributed by atoms with Gasteiger partial charge in [0, 0.05) is 28.4 Å². The number of halogens is 2. The van der Waals surface area contributed by atoms with Crippen molar-refractivity contribution < 1.29 is 0 Å². The van der Waals surface area contributed by atoms with Gasteiger partial charge in [-0.25, -0.2) is 0 Å². The van der Waals surface area contributed by atoms with Gasteiger partial charge in [-0.15, -0.1) is 15.3 Å². The molecule has 0 bridgehead atoms. The molecule has 0 saturated heterocycles. The summed E-state index contributed by atoms with van der Waals surface area (Å²) in [4.78, 5) is 0. The molecule has 26 heavy (non-hydrogen) atoms. The Morgan fingerprint density at radius 3 is 2.62 bits per heavy atom. The molecule has 0 aliphatic rings. The van der Waals surface area contributed by atoms with Crippen LogP contribution in [-0.4, -0.2) is 36.1 Å². The maximum absolute atomic E-state index is 6.10. The number of rotatable bonds is 5. The highest BCUT2D eigenvalue weighted by atomic mass is 35.5. The summed E-state index contributed by atoms with van der Waals surface area (Å²) >= 11 is 12.2. The van der Waals surface area contributed by atoms with E-state index in [1.165, 1.54) is 0 Å². The number of aromatic nitrogens is 6. The van der Waals surface area contributed by atoms with E-state index >= 15 is 0 Å². The zero-order valence-electron chi connectivity index (χ0n) is 13.9. The first kappa shape index (κ1) is 16.8. The first-order chi connectivity index (χ1) is 12.6. The molecule has 132 valence electrons. The van der Waals surface area contributed by atoms with Crippen molar-refractivity contribution in [3.8, 4) is 11.4 Å². The van der Waals surface area contributed by atoms with E-state index in [1.807, 2.05) is 36.1 Å². The summed E-state index contributed by atoms with van der Waals surface area (Å²) in [6.45, 7) is 3.45. The lowest BCUT2D eigenvalue weighted by molar-refractivity contribution is 0.636. The maximum atomic E-state index is 6.10. The van der Waals surface area contributed by atoms with Crippen LogP contribution in [-0.2, 0) is 6.54 Å². The average Bonchev–Trinajstić information content (AvgIpc) is 3.20. The lowest BCUT2D eigenvalue weighted by atomic mass is 10.2. The van der Waals surface area contributed by atoms with Gasteiger partial charge in [-0.05, 0) is 42.8 Å². The number of nitrogens with zero attached hydrogens (tertiary/aromatic N) is 6. The van der Waals surface area contributed by atoms with Gasteiger partial charge in [-0.1, -0.05) is 23.2 Å². The van der Waals surface area contributed by atoms with Gasteiger partial charge >= 0.3 is 0 Å². The molecular formula is C17H15Cl2N7. The molecule has 9 heteroatoms. The molecule has 0 aliphatic carbocycles. The molecule has 4 aromatic rings. The van der Waals surface area contributed by atoms with Gasteiger partial charge in [-0.3, -0.25) is 4.68 Å². The third kappa shape index (κ3) is 3.49. The van der Waals surface area contributed by atoms with Gasteiger partial charge in [0.1, 0.15) is 5.82 Å². The number of hydrogen-bond acceptors (Lipinski definition) is 5. The zero-order valence-corrected chi connectivity index (χ0v) is 15.4. The Labute approximate surface area is 159 Å². The van der Waals surface area contributed by atoms with Crippen LogP contribution in [0, 0.1) is 6.92 Å². The predicted molar refractivity (Wildman–Crippen MR) is 102 cm³/mol. The standard InChI is InChI=1S/C17H15Cl2N7/c1-11-9-21-25(10-11)5-4-20-15-2-3-16-22-23-17(26(16)24-15)12-6-13(18)8-14(19)7-12/h2-3,6-10H,4-5H2,1H3,(H,20,24). The number of benzene rings is 1. The second-order valence-corrected chi connectivity index (χ2v) is 6.75. The van der Waals surface area contributed by atoms with Gasteiger partial charge < -0.3 is 5.32 Å². The molecule has 0 amide bonds.